The summed E-state index contributed by atoms with van der Waals surface area (Å²) in [6.07, 6.45) is 1.05. The lowest BCUT2D eigenvalue weighted by Gasteiger charge is -2.20. The number of nitrogens with zero attached hydrogens (tertiary/aromatic N) is 1. The number of carbonyl (C=O) groups excluding carboxylic acids is 2. The van der Waals surface area contributed by atoms with Crippen molar-refractivity contribution in [1.82, 2.24) is 4.90 Å². The molecule has 150 valence electrons. The predicted octanol–water partition coefficient (Wildman–Crippen LogP) is 3.10. The number of aryl methyl sites for hydroxylation is 1. The minimum Gasteiger partial charge on any atom is -0.339 e. The highest BCUT2D eigenvalue weighted by molar-refractivity contribution is 7.92. The number of benzene rings is 2. The number of rotatable bonds is 7. The predicted molar refractivity (Wildman–Crippen MR) is 111 cm³/mol. The molecule has 2 N–H and O–H groups in total. The van der Waals surface area contributed by atoms with E-state index in [0.29, 0.717) is 35.6 Å². The number of hydrogen-bond donors (Lipinski definition) is 2. The van der Waals surface area contributed by atoms with Crippen LogP contribution in [0.3, 0.4) is 0 Å². The molecular weight excluding hydrogens is 378 g/mol. The van der Waals surface area contributed by atoms with Crippen molar-refractivity contribution >= 4 is 33.2 Å². The fourth-order valence-corrected chi connectivity index (χ4v) is 3.35. The van der Waals surface area contributed by atoms with Gasteiger partial charge in [0.2, 0.25) is 10.0 Å². The lowest BCUT2D eigenvalue weighted by atomic mass is 10.1. The Hall–Kier alpha value is -2.87. The first-order valence-corrected chi connectivity index (χ1v) is 10.8. The normalized spacial score (nSPS) is 11.0. The first-order valence-electron chi connectivity index (χ1n) is 8.94. The molecule has 28 heavy (non-hydrogen) atoms. The molecule has 0 aliphatic heterocycles. The van der Waals surface area contributed by atoms with E-state index in [0.717, 1.165) is 6.26 Å². The maximum Gasteiger partial charge on any atom is 0.255 e. The maximum atomic E-state index is 12.7. The molecule has 0 aromatic heterocycles. The first kappa shape index (κ1) is 21.4. The Balaban J connectivity index is 2.31. The quantitative estimate of drug-likeness (QED) is 0.743. The molecule has 0 atom stereocenters. The Morgan fingerprint density at radius 2 is 1.64 bits per heavy atom. The molecule has 7 nitrogen and oxygen atoms in total. The first-order chi connectivity index (χ1) is 13.2. The lowest BCUT2D eigenvalue weighted by Crippen LogP contribution is -2.31. The van der Waals surface area contributed by atoms with Crippen LogP contribution in [0, 0.1) is 6.92 Å². The maximum absolute atomic E-state index is 12.7. The molecule has 0 radical (unpaired) electrons. The molecule has 8 heteroatoms. The van der Waals surface area contributed by atoms with E-state index in [1.54, 1.807) is 48.2 Å². The van der Waals surface area contributed by atoms with Gasteiger partial charge in [0.05, 0.1) is 23.2 Å². The Bertz CT molecular complexity index is 983. The van der Waals surface area contributed by atoms with Crippen molar-refractivity contribution in [3.63, 3.8) is 0 Å². The van der Waals surface area contributed by atoms with Crippen LogP contribution in [-0.2, 0) is 10.0 Å². The van der Waals surface area contributed by atoms with Gasteiger partial charge in [-0.25, -0.2) is 8.42 Å². The van der Waals surface area contributed by atoms with Gasteiger partial charge in [0.1, 0.15) is 0 Å². The molecule has 0 saturated heterocycles. The van der Waals surface area contributed by atoms with Crippen molar-refractivity contribution in [2.45, 2.75) is 20.8 Å². The highest BCUT2D eigenvalue weighted by Crippen LogP contribution is 2.21. The molecule has 0 spiro atoms. The number of amides is 2. The van der Waals surface area contributed by atoms with E-state index >= 15 is 0 Å². The van der Waals surface area contributed by atoms with Gasteiger partial charge in [-0.3, -0.25) is 14.3 Å². The number of nitrogens with one attached hydrogen (secondary N) is 2. The second kappa shape index (κ2) is 8.88. The van der Waals surface area contributed by atoms with Gasteiger partial charge < -0.3 is 10.2 Å². The molecule has 0 aliphatic carbocycles. The molecule has 0 bridgehead atoms. The van der Waals surface area contributed by atoms with Crippen LogP contribution in [-0.4, -0.2) is 44.5 Å². The van der Waals surface area contributed by atoms with E-state index < -0.39 is 15.9 Å². The smallest absolute Gasteiger partial charge is 0.255 e. The number of carbonyl (C=O) groups is 2. The van der Waals surface area contributed by atoms with E-state index in [1.807, 2.05) is 13.8 Å². The fraction of sp³-hybridized carbons (Fsp3) is 0.300. The van der Waals surface area contributed by atoms with E-state index in [1.165, 1.54) is 6.07 Å². The monoisotopic (exact) mass is 403 g/mol. The highest BCUT2D eigenvalue weighted by atomic mass is 32.2. The topological polar surface area (TPSA) is 95.6 Å². The molecule has 2 rings (SSSR count). The van der Waals surface area contributed by atoms with Crippen LogP contribution < -0.4 is 10.0 Å². The van der Waals surface area contributed by atoms with Crippen LogP contribution in [0.25, 0.3) is 0 Å². The minimum atomic E-state index is -3.47. The second-order valence-corrected chi connectivity index (χ2v) is 8.13. The highest BCUT2D eigenvalue weighted by Gasteiger charge is 2.18. The van der Waals surface area contributed by atoms with Gasteiger partial charge in [-0.05, 0) is 50.6 Å². The minimum absolute atomic E-state index is 0.163. The molecule has 0 heterocycles. The third-order valence-electron chi connectivity index (χ3n) is 4.25. The van der Waals surface area contributed by atoms with Gasteiger partial charge in [0.15, 0.2) is 0 Å². The van der Waals surface area contributed by atoms with Gasteiger partial charge in [-0.15, -0.1) is 0 Å². The van der Waals surface area contributed by atoms with Crippen LogP contribution in [0.4, 0.5) is 11.4 Å². The summed E-state index contributed by atoms with van der Waals surface area (Å²) in [5, 5.41) is 2.76. The van der Waals surface area contributed by atoms with Crippen molar-refractivity contribution in [2.75, 3.05) is 29.4 Å². The molecule has 2 aromatic carbocycles. The van der Waals surface area contributed by atoms with Crippen LogP contribution in [0.2, 0.25) is 0 Å². The van der Waals surface area contributed by atoms with E-state index in [4.69, 9.17) is 0 Å². The molecule has 0 aliphatic rings. The Labute approximate surface area is 165 Å². The summed E-state index contributed by atoms with van der Waals surface area (Å²) in [5.74, 6) is -0.597. The largest absolute Gasteiger partial charge is 0.339 e. The number of sulfonamides is 1. The molecule has 2 aromatic rings. The lowest BCUT2D eigenvalue weighted by molar-refractivity contribution is 0.0774. The summed E-state index contributed by atoms with van der Waals surface area (Å²) in [5.41, 5.74) is 2.12. The van der Waals surface area contributed by atoms with Gasteiger partial charge in [0.25, 0.3) is 11.8 Å². The van der Waals surface area contributed by atoms with Crippen molar-refractivity contribution < 1.29 is 18.0 Å². The second-order valence-electron chi connectivity index (χ2n) is 6.38. The van der Waals surface area contributed by atoms with Crippen LogP contribution in [0.5, 0.6) is 0 Å². The zero-order valence-corrected chi connectivity index (χ0v) is 17.3. The van der Waals surface area contributed by atoms with E-state index in [2.05, 4.69) is 10.0 Å². The van der Waals surface area contributed by atoms with Crippen molar-refractivity contribution in [3.8, 4) is 0 Å². The van der Waals surface area contributed by atoms with Crippen molar-refractivity contribution in [1.29, 1.82) is 0 Å². The summed E-state index contributed by atoms with van der Waals surface area (Å²) < 4.78 is 25.4. The molecule has 0 unspecified atom stereocenters. The van der Waals surface area contributed by atoms with Crippen molar-refractivity contribution in [2.24, 2.45) is 0 Å². The van der Waals surface area contributed by atoms with E-state index in [-0.39, 0.29) is 11.5 Å². The number of hydrogen-bond acceptors (Lipinski definition) is 4. The summed E-state index contributed by atoms with van der Waals surface area (Å²) in [7, 11) is -3.47. The third-order valence-corrected chi connectivity index (χ3v) is 4.84. The summed E-state index contributed by atoms with van der Waals surface area (Å²) in [6, 6.07) is 11.6. The number of anilines is 2. The Morgan fingerprint density at radius 1 is 1.00 bits per heavy atom. The standard InChI is InChI=1S/C20H25N3O4S/c1-5-23(6-2)20(25)16-9-7-8-10-17(16)21-19(24)15-12-11-14(3)18(13-15)22-28(4,26)27/h7-13,22H,5-6H2,1-4H3,(H,21,24). The summed E-state index contributed by atoms with van der Waals surface area (Å²) in [4.78, 5) is 27.1. The van der Waals surface area contributed by atoms with Crippen LogP contribution in [0.15, 0.2) is 42.5 Å². The zero-order chi connectivity index (χ0) is 20.9. The summed E-state index contributed by atoms with van der Waals surface area (Å²) in [6.45, 7) is 6.66. The molecule has 2 amide bonds. The average molecular weight is 404 g/mol. The SMILES string of the molecule is CCN(CC)C(=O)c1ccccc1NC(=O)c1ccc(C)c(NS(C)(=O)=O)c1. The molecular formula is C20H25N3O4S. The zero-order valence-electron chi connectivity index (χ0n) is 16.4. The summed E-state index contributed by atoms with van der Waals surface area (Å²) >= 11 is 0. The third kappa shape index (κ3) is 5.32. The fourth-order valence-electron chi connectivity index (χ4n) is 2.73. The Morgan fingerprint density at radius 3 is 2.25 bits per heavy atom. The molecule has 0 fully saturated rings. The average Bonchev–Trinajstić information content (AvgIpc) is 2.63. The van der Waals surface area contributed by atoms with Gasteiger partial charge in [0, 0.05) is 18.7 Å². The van der Waals surface area contributed by atoms with Gasteiger partial charge in [-0.1, -0.05) is 18.2 Å². The van der Waals surface area contributed by atoms with Crippen molar-refractivity contribution in [3.05, 3.63) is 59.2 Å². The van der Waals surface area contributed by atoms with Gasteiger partial charge in [-0.2, -0.15) is 0 Å². The Kier molecular flexibility index (Phi) is 6.80. The molecule has 0 saturated carbocycles. The van der Waals surface area contributed by atoms with E-state index in [9.17, 15) is 18.0 Å². The number of para-hydroxylation sites is 1. The van der Waals surface area contributed by atoms with Crippen LogP contribution in [0.1, 0.15) is 40.1 Å². The van der Waals surface area contributed by atoms with Gasteiger partial charge >= 0.3 is 0 Å². The van der Waals surface area contributed by atoms with Crippen LogP contribution >= 0.6 is 0 Å².